The summed E-state index contributed by atoms with van der Waals surface area (Å²) in [5.41, 5.74) is 8.13. The van der Waals surface area contributed by atoms with Gasteiger partial charge in [0, 0.05) is 16.3 Å². The van der Waals surface area contributed by atoms with Crippen LogP contribution in [0.15, 0.2) is 29.4 Å². The second-order valence-electron chi connectivity index (χ2n) is 3.44. The first-order chi connectivity index (χ1) is 7.99. The van der Waals surface area contributed by atoms with Crippen LogP contribution < -0.4 is 11.2 Å². The van der Waals surface area contributed by atoms with Crippen LogP contribution in [0.25, 0.3) is 0 Å². The van der Waals surface area contributed by atoms with Gasteiger partial charge >= 0.3 is 0 Å². The molecule has 0 saturated heterocycles. The monoisotopic (exact) mass is 253 g/mol. The first-order valence-corrected chi connectivity index (χ1v) is 5.24. The summed E-state index contributed by atoms with van der Waals surface area (Å²) in [4.78, 5) is 22.2. The zero-order chi connectivity index (χ0) is 12.8. The van der Waals surface area contributed by atoms with Crippen molar-refractivity contribution in [3.8, 4) is 0 Å². The standard InChI is InChI=1S/C11H12ClN3O2/c1-7(5-10(13)16)14-15-11(17)8-3-2-4-9(12)6-8/h2-4,6H,5H2,1H3,(H2,13,16)(H,15,17)/b14-7+. The quantitative estimate of drug-likeness (QED) is 0.626. The van der Waals surface area contributed by atoms with Crippen molar-refractivity contribution in [3.63, 3.8) is 0 Å². The molecule has 90 valence electrons. The van der Waals surface area contributed by atoms with E-state index in [1.807, 2.05) is 0 Å². The molecule has 5 nitrogen and oxygen atoms in total. The van der Waals surface area contributed by atoms with Crippen molar-refractivity contribution in [2.24, 2.45) is 10.8 Å². The summed E-state index contributed by atoms with van der Waals surface area (Å²) in [5, 5.41) is 4.21. The normalized spacial score (nSPS) is 11.1. The number of primary amides is 1. The molecule has 0 aliphatic carbocycles. The van der Waals surface area contributed by atoms with Gasteiger partial charge in [-0.2, -0.15) is 5.10 Å². The number of hydrogen-bond donors (Lipinski definition) is 2. The van der Waals surface area contributed by atoms with E-state index in [1.165, 1.54) is 6.07 Å². The molecular formula is C11H12ClN3O2. The number of amides is 2. The Morgan fingerprint density at radius 2 is 2.18 bits per heavy atom. The minimum Gasteiger partial charge on any atom is -0.369 e. The molecule has 3 N–H and O–H groups in total. The second-order valence-corrected chi connectivity index (χ2v) is 3.88. The van der Waals surface area contributed by atoms with Crippen molar-refractivity contribution in [1.82, 2.24) is 5.43 Å². The summed E-state index contributed by atoms with van der Waals surface area (Å²) in [6.45, 7) is 1.60. The van der Waals surface area contributed by atoms with E-state index in [9.17, 15) is 9.59 Å². The van der Waals surface area contributed by atoms with E-state index in [0.29, 0.717) is 16.3 Å². The van der Waals surface area contributed by atoms with Crippen LogP contribution in [0.2, 0.25) is 5.02 Å². The predicted octanol–water partition coefficient (Wildman–Crippen LogP) is 1.32. The molecule has 0 atom stereocenters. The first kappa shape index (κ1) is 13.2. The van der Waals surface area contributed by atoms with Crippen LogP contribution in [0.1, 0.15) is 23.7 Å². The predicted molar refractivity (Wildman–Crippen MR) is 65.8 cm³/mol. The fourth-order valence-electron chi connectivity index (χ4n) is 1.13. The Kier molecular flexibility index (Phi) is 4.66. The maximum absolute atomic E-state index is 11.6. The van der Waals surface area contributed by atoms with Crippen LogP contribution in [0, 0.1) is 0 Å². The second kappa shape index (κ2) is 6.00. The molecule has 0 bridgehead atoms. The Labute approximate surface area is 104 Å². The number of nitrogens with two attached hydrogens (primary N) is 1. The maximum atomic E-state index is 11.6. The van der Waals surface area contributed by atoms with Gasteiger partial charge in [-0.1, -0.05) is 17.7 Å². The molecular weight excluding hydrogens is 242 g/mol. The molecule has 0 heterocycles. The number of hydrogen-bond acceptors (Lipinski definition) is 3. The van der Waals surface area contributed by atoms with E-state index in [-0.39, 0.29) is 6.42 Å². The Morgan fingerprint density at radius 1 is 1.47 bits per heavy atom. The van der Waals surface area contributed by atoms with Crippen molar-refractivity contribution in [3.05, 3.63) is 34.9 Å². The molecule has 17 heavy (non-hydrogen) atoms. The van der Waals surface area contributed by atoms with Gasteiger partial charge in [0.1, 0.15) is 0 Å². The molecule has 0 radical (unpaired) electrons. The van der Waals surface area contributed by atoms with E-state index >= 15 is 0 Å². The highest BCUT2D eigenvalue weighted by Gasteiger charge is 2.05. The summed E-state index contributed by atoms with van der Waals surface area (Å²) in [6, 6.07) is 6.47. The van der Waals surface area contributed by atoms with Crippen molar-refractivity contribution < 1.29 is 9.59 Å². The molecule has 2 amide bonds. The third kappa shape index (κ3) is 4.65. The molecule has 1 aromatic carbocycles. The minimum atomic E-state index is -0.497. The molecule has 0 spiro atoms. The fraction of sp³-hybridized carbons (Fsp3) is 0.182. The first-order valence-electron chi connectivity index (χ1n) is 4.86. The summed E-state index contributed by atoms with van der Waals surface area (Å²) in [6.07, 6.45) is 0.00975. The van der Waals surface area contributed by atoms with Gasteiger partial charge in [0.2, 0.25) is 5.91 Å². The van der Waals surface area contributed by atoms with Crippen LogP contribution in [-0.4, -0.2) is 17.5 Å². The third-order valence-corrected chi connectivity index (χ3v) is 2.10. The largest absolute Gasteiger partial charge is 0.369 e. The number of halogens is 1. The van der Waals surface area contributed by atoms with Gasteiger partial charge in [-0.15, -0.1) is 0 Å². The molecule has 6 heteroatoms. The summed E-state index contributed by atoms with van der Waals surface area (Å²) >= 11 is 5.74. The van der Waals surface area contributed by atoms with Crippen molar-refractivity contribution in [2.45, 2.75) is 13.3 Å². The number of carbonyl (C=O) groups excluding carboxylic acids is 2. The SMILES string of the molecule is C/C(CC(N)=O)=N\NC(=O)c1cccc(Cl)c1. The Bertz CT molecular complexity index is 472. The van der Waals surface area contributed by atoms with Gasteiger partial charge in [-0.25, -0.2) is 5.43 Å². The lowest BCUT2D eigenvalue weighted by atomic mass is 10.2. The Balaban J connectivity index is 2.64. The highest BCUT2D eigenvalue weighted by atomic mass is 35.5. The van der Waals surface area contributed by atoms with Crippen LogP contribution >= 0.6 is 11.6 Å². The van der Waals surface area contributed by atoms with Crippen molar-refractivity contribution in [1.29, 1.82) is 0 Å². The topological polar surface area (TPSA) is 84.6 Å². The van der Waals surface area contributed by atoms with Gasteiger partial charge in [0.15, 0.2) is 0 Å². The molecule has 0 aromatic heterocycles. The number of benzene rings is 1. The van der Waals surface area contributed by atoms with Gasteiger partial charge in [-0.3, -0.25) is 9.59 Å². The minimum absolute atomic E-state index is 0.00975. The number of nitrogens with zero attached hydrogens (tertiary/aromatic N) is 1. The Morgan fingerprint density at radius 3 is 2.76 bits per heavy atom. The van der Waals surface area contributed by atoms with E-state index < -0.39 is 11.8 Å². The average molecular weight is 254 g/mol. The number of rotatable bonds is 4. The van der Waals surface area contributed by atoms with E-state index in [4.69, 9.17) is 17.3 Å². The zero-order valence-electron chi connectivity index (χ0n) is 9.24. The molecule has 0 aliphatic heterocycles. The number of hydrazone groups is 1. The van der Waals surface area contributed by atoms with Crippen molar-refractivity contribution >= 4 is 29.1 Å². The molecule has 1 aromatic rings. The van der Waals surface area contributed by atoms with E-state index in [1.54, 1.807) is 25.1 Å². The lowest BCUT2D eigenvalue weighted by Crippen LogP contribution is -2.21. The van der Waals surface area contributed by atoms with Crippen LogP contribution in [-0.2, 0) is 4.79 Å². The summed E-state index contributed by atoms with van der Waals surface area (Å²) in [5.74, 6) is -0.889. The average Bonchev–Trinajstić information content (AvgIpc) is 2.25. The summed E-state index contributed by atoms with van der Waals surface area (Å²) in [7, 11) is 0. The van der Waals surface area contributed by atoms with Gasteiger partial charge in [0.25, 0.3) is 5.91 Å². The summed E-state index contributed by atoms with van der Waals surface area (Å²) < 4.78 is 0. The van der Waals surface area contributed by atoms with Gasteiger partial charge in [-0.05, 0) is 25.1 Å². The van der Waals surface area contributed by atoms with Crippen LogP contribution in [0.5, 0.6) is 0 Å². The van der Waals surface area contributed by atoms with Crippen molar-refractivity contribution in [2.75, 3.05) is 0 Å². The fourth-order valence-corrected chi connectivity index (χ4v) is 1.32. The highest BCUT2D eigenvalue weighted by molar-refractivity contribution is 6.30. The third-order valence-electron chi connectivity index (χ3n) is 1.87. The lowest BCUT2D eigenvalue weighted by molar-refractivity contribution is -0.116. The number of carbonyl (C=O) groups is 2. The molecule has 0 fully saturated rings. The lowest BCUT2D eigenvalue weighted by Gasteiger charge is -2.01. The van der Waals surface area contributed by atoms with E-state index in [2.05, 4.69) is 10.5 Å². The Hall–Kier alpha value is -1.88. The molecule has 0 aliphatic rings. The van der Waals surface area contributed by atoms with Crippen LogP contribution in [0.3, 0.4) is 0 Å². The smallest absolute Gasteiger partial charge is 0.271 e. The zero-order valence-corrected chi connectivity index (χ0v) is 9.99. The molecule has 0 unspecified atom stereocenters. The molecule has 0 saturated carbocycles. The van der Waals surface area contributed by atoms with Gasteiger partial charge in [0.05, 0.1) is 6.42 Å². The maximum Gasteiger partial charge on any atom is 0.271 e. The highest BCUT2D eigenvalue weighted by Crippen LogP contribution is 2.10. The molecule has 1 rings (SSSR count). The van der Waals surface area contributed by atoms with Crippen LogP contribution in [0.4, 0.5) is 0 Å². The number of nitrogens with one attached hydrogen (secondary N) is 1. The van der Waals surface area contributed by atoms with E-state index in [0.717, 1.165) is 0 Å². The van der Waals surface area contributed by atoms with Gasteiger partial charge < -0.3 is 5.73 Å².